The van der Waals surface area contributed by atoms with Gasteiger partial charge in [-0.05, 0) is 31.2 Å². The molecule has 0 spiro atoms. The highest BCUT2D eigenvalue weighted by Gasteiger charge is 2.07. The number of nitrogens with one attached hydrogen (secondary N) is 2. The summed E-state index contributed by atoms with van der Waals surface area (Å²) < 4.78 is 5.32. The molecule has 2 amide bonds. The standard InChI is InChI=1S/C19H20N4O5/c1-2-28-17-8-6-15(7-9-17)21-18(24)10-11-19(25)22-20-13-14-4-3-5-16(12-14)23(26)27/h3-9,12-13H,2,10-11H2,1H3,(H,21,24)(H,22,25)/b20-13+. The van der Waals surface area contributed by atoms with Gasteiger partial charge in [-0.1, -0.05) is 12.1 Å². The van der Waals surface area contributed by atoms with Crippen LogP contribution in [0.3, 0.4) is 0 Å². The SMILES string of the molecule is CCOc1ccc(NC(=O)CCC(=O)N/N=C/c2cccc([N+](=O)[O-])c2)cc1. The summed E-state index contributed by atoms with van der Waals surface area (Å²) in [6.07, 6.45) is 1.24. The van der Waals surface area contributed by atoms with E-state index in [-0.39, 0.29) is 24.4 Å². The van der Waals surface area contributed by atoms with Gasteiger partial charge in [0.1, 0.15) is 5.75 Å². The van der Waals surface area contributed by atoms with E-state index in [9.17, 15) is 19.7 Å². The van der Waals surface area contributed by atoms with Gasteiger partial charge in [0.2, 0.25) is 11.8 Å². The summed E-state index contributed by atoms with van der Waals surface area (Å²) in [5, 5.41) is 17.1. The molecule has 2 N–H and O–H groups in total. The molecule has 0 heterocycles. The topological polar surface area (TPSA) is 123 Å². The first-order valence-electron chi connectivity index (χ1n) is 8.57. The van der Waals surface area contributed by atoms with E-state index < -0.39 is 10.8 Å². The number of anilines is 1. The number of rotatable bonds is 9. The van der Waals surface area contributed by atoms with Crippen LogP contribution in [-0.2, 0) is 9.59 Å². The van der Waals surface area contributed by atoms with Crippen LogP contribution in [0, 0.1) is 10.1 Å². The molecule has 0 saturated carbocycles. The van der Waals surface area contributed by atoms with Gasteiger partial charge < -0.3 is 10.1 Å². The van der Waals surface area contributed by atoms with Crippen LogP contribution >= 0.6 is 0 Å². The lowest BCUT2D eigenvalue weighted by Gasteiger charge is -2.07. The molecular weight excluding hydrogens is 364 g/mol. The number of amides is 2. The summed E-state index contributed by atoms with van der Waals surface area (Å²) in [7, 11) is 0. The summed E-state index contributed by atoms with van der Waals surface area (Å²) in [6, 6.07) is 12.7. The molecule has 0 radical (unpaired) electrons. The summed E-state index contributed by atoms with van der Waals surface area (Å²) >= 11 is 0. The van der Waals surface area contributed by atoms with Crippen molar-refractivity contribution in [1.82, 2.24) is 5.43 Å². The van der Waals surface area contributed by atoms with Crippen molar-refractivity contribution in [1.29, 1.82) is 0 Å². The van der Waals surface area contributed by atoms with E-state index in [2.05, 4.69) is 15.8 Å². The molecule has 9 nitrogen and oxygen atoms in total. The smallest absolute Gasteiger partial charge is 0.270 e. The maximum absolute atomic E-state index is 11.9. The lowest BCUT2D eigenvalue weighted by atomic mass is 10.2. The van der Waals surface area contributed by atoms with Gasteiger partial charge in [-0.25, -0.2) is 5.43 Å². The molecule has 0 aromatic heterocycles. The number of ether oxygens (including phenoxy) is 1. The summed E-state index contributed by atoms with van der Waals surface area (Å²) in [5.74, 6) is -0.0352. The number of carbonyl (C=O) groups excluding carboxylic acids is 2. The predicted octanol–water partition coefficient (Wildman–Crippen LogP) is 2.86. The van der Waals surface area contributed by atoms with Gasteiger partial charge in [-0.2, -0.15) is 5.10 Å². The Hall–Kier alpha value is -3.75. The third-order valence-electron chi connectivity index (χ3n) is 3.51. The molecule has 28 heavy (non-hydrogen) atoms. The highest BCUT2D eigenvalue weighted by Crippen LogP contribution is 2.16. The van der Waals surface area contributed by atoms with Crippen LogP contribution in [0.1, 0.15) is 25.3 Å². The largest absolute Gasteiger partial charge is 0.494 e. The van der Waals surface area contributed by atoms with Gasteiger partial charge in [0.15, 0.2) is 0 Å². The fourth-order valence-corrected chi connectivity index (χ4v) is 2.21. The average molecular weight is 384 g/mol. The minimum Gasteiger partial charge on any atom is -0.494 e. The maximum atomic E-state index is 11.9. The number of non-ortho nitro benzene ring substituents is 1. The third kappa shape index (κ3) is 6.87. The lowest BCUT2D eigenvalue weighted by Crippen LogP contribution is -2.20. The first-order valence-corrected chi connectivity index (χ1v) is 8.57. The van der Waals surface area contributed by atoms with Crippen molar-refractivity contribution in [3.63, 3.8) is 0 Å². The molecule has 9 heteroatoms. The van der Waals surface area contributed by atoms with Gasteiger partial charge in [0.25, 0.3) is 5.69 Å². The van der Waals surface area contributed by atoms with Crippen molar-refractivity contribution in [2.75, 3.05) is 11.9 Å². The van der Waals surface area contributed by atoms with Gasteiger partial charge in [0.05, 0.1) is 17.7 Å². The van der Waals surface area contributed by atoms with Crippen LogP contribution in [0.5, 0.6) is 5.75 Å². The molecule has 0 fully saturated rings. The molecule has 2 aromatic carbocycles. The first-order chi connectivity index (χ1) is 13.5. The Morgan fingerprint density at radius 3 is 2.54 bits per heavy atom. The quantitative estimate of drug-likeness (QED) is 0.391. The van der Waals surface area contributed by atoms with Gasteiger partial charge in [0, 0.05) is 36.2 Å². The van der Waals surface area contributed by atoms with E-state index in [0.29, 0.717) is 23.6 Å². The molecule has 0 aliphatic carbocycles. The van der Waals surface area contributed by atoms with Gasteiger partial charge in [-0.15, -0.1) is 0 Å². The molecule has 146 valence electrons. The third-order valence-corrected chi connectivity index (χ3v) is 3.51. The fraction of sp³-hybridized carbons (Fsp3) is 0.211. The first kappa shape index (κ1) is 20.6. The number of hydrogen-bond acceptors (Lipinski definition) is 6. The van der Waals surface area contributed by atoms with E-state index in [1.807, 2.05) is 6.92 Å². The molecule has 0 atom stereocenters. The Balaban J connectivity index is 1.75. The Bertz CT molecular complexity index is 865. The molecule has 0 saturated heterocycles. The minimum absolute atomic E-state index is 0.00856. The van der Waals surface area contributed by atoms with Crippen LogP contribution in [0.2, 0.25) is 0 Å². The van der Waals surface area contributed by atoms with E-state index in [1.54, 1.807) is 30.3 Å². The molecular formula is C19H20N4O5. The molecule has 0 unspecified atom stereocenters. The second-order valence-corrected chi connectivity index (χ2v) is 5.65. The Morgan fingerprint density at radius 2 is 1.86 bits per heavy atom. The minimum atomic E-state index is -0.515. The zero-order chi connectivity index (χ0) is 20.4. The Morgan fingerprint density at radius 1 is 1.14 bits per heavy atom. The second-order valence-electron chi connectivity index (χ2n) is 5.65. The number of nitrogens with zero attached hydrogens (tertiary/aromatic N) is 2. The molecule has 0 bridgehead atoms. The highest BCUT2D eigenvalue weighted by atomic mass is 16.6. The number of carbonyl (C=O) groups is 2. The van der Waals surface area contributed by atoms with Crippen molar-refractivity contribution in [2.24, 2.45) is 5.10 Å². The van der Waals surface area contributed by atoms with E-state index >= 15 is 0 Å². The molecule has 0 aliphatic heterocycles. The second kappa shape index (κ2) is 10.4. The van der Waals surface area contributed by atoms with Crippen molar-refractivity contribution < 1.29 is 19.2 Å². The van der Waals surface area contributed by atoms with Crippen LogP contribution < -0.4 is 15.5 Å². The molecule has 2 aromatic rings. The highest BCUT2D eigenvalue weighted by molar-refractivity contribution is 5.93. The predicted molar refractivity (Wildman–Crippen MR) is 104 cm³/mol. The number of nitro benzene ring substituents is 1. The summed E-state index contributed by atoms with van der Waals surface area (Å²) in [5.41, 5.74) is 3.30. The number of hydrogen-bond donors (Lipinski definition) is 2. The Kier molecular flexibility index (Phi) is 7.64. The van der Waals surface area contributed by atoms with E-state index in [4.69, 9.17) is 4.74 Å². The number of hydrazone groups is 1. The summed E-state index contributed by atoms with van der Waals surface area (Å²) in [6.45, 7) is 2.44. The average Bonchev–Trinajstić information content (AvgIpc) is 2.68. The summed E-state index contributed by atoms with van der Waals surface area (Å²) in [4.78, 5) is 33.8. The molecule has 0 aliphatic rings. The maximum Gasteiger partial charge on any atom is 0.270 e. The van der Waals surface area contributed by atoms with Crippen LogP contribution in [-0.4, -0.2) is 29.6 Å². The lowest BCUT2D eigenvalue weighted by molar-refractivity contribution is -0.384. The van der Waals surface area contributed by atoms with Crippen molar-refractivity contribution in [3.05, 3.63) is 64.2 Å². The fourth-order valence-electron chi connectivity index (χ4n) is 2.21. The van der Waals surface area contributed by atoms with Crippen LogP contribution in [0.25, 0.3) is 0 Å². The normalized spacial score (nSPS) is 10.5. The van der Waals surface area contributed by atoms with Crippen molar-refractivity contribution in [2.45, 2.75) is 19.8 Å². The van der Waals surface area contributed by atoms with Gasteiger partial charge in [-0.3, -0.25) is 19.7 Å². The van der Waals surface area contributed by atoms with Crippen molar-refractivity contribution >= 4 is 29.4 Å². The van der Waals surface area contributed by atoms with Crippen molar-refractivity contribution in [3.8, 4) is 5.75 Å². The zero-order valence-electron chi connectivity index (χ0n) is 15.3. The van der Waals surface area contributed by atoms with Crippen LogP contribution in [0.15, 0.2) is 53.6 Å². The van der Waals surface area contributed by atoms with Crippen LogP contribution in [0.4, 0.5) is 11.4 Å². The zero-order valence-corrected chi connectivity index (χ0v) is 15.3. The van der Waals surface area contributed by atoms with E-state index in [0.717, 1.165) is 0 Å². The Labute approximate surface area is 161 Å². The number of benzene rings is 2. The molecule has 2 rings (SSSR count). The monoisotopic (exact) mass is 384 g/mol. The number of nitro groups is 1. The van der Waals surface area contributed by atoms with E-state index in [1.165, 1.54) is 24.4 Å². The van der Waals surface area contributed by atoms with Gasteiger partial charge >= 0.3 is 0 Å².